The Morgan fingerprint density at radius 1 is 1.45 bits per heavy atom. The van der Waals surface area contributed by atoms with Crippen LogP contribution in [0.25, 0.3) is 0 Å². The summed E-state index contributed by atoms with van der Waals surface area (Å²) in [5, 5.41) is 6.70. The van der Waals surface area contributed by atoms with E-state index in [0.717, 1.165) is 19.4 Å². The van der Waals surface area contributed by atoms with E-state index in [4.69, 9.17) is 0 Å². The molecule has 1 amide bonds. The standard InChI is InChI=1S/C15H18FIN2O/c16-10-2-3-12(13(17)8-10)14(20)19-11-4-7-18-15(9-11)5-1-6-15/h2-3,8,11,18H,1,4-7,9H2,(H,19,20). The van der Waals surface area contributed by atoms with Crippen molar-refractivity contribution in [3.8, 4) is 0 Å². The second kappa shape index (κ2) is 5.60. The molecular formula is C15H18FIN2O. The van der Waals surface area contributed by atoms with Crippen molar-refractivity contribution >= 4 is 28.5 Å². The molecule has 2 fully saturated rings. The fraction of sp³-hybridized carbons (Fsp3) is 0.533. The molecular weight excluding hydrogens is 370 g/mol. The van der Waals surface area contributed by atoms with E-state index in [2.05, 4.69) is 10.6 Å². The van der Waals surface area contributed by atoms with Gasteiger partial charge in [0.05, 0.1) is 5.56 Å². The van der Waals surface area contributed by atoms with Crippen LogP contribution in [0.3, 0.4) is 0 Å². The van der Waals surface area contributed by atoms with Crippen LogP contribution in [0.5, 0.6) is 0 Å². The number of carbonyl (C=O) groups excluding carboxylic acids is 1. The van der Waals surface area contributed by atoms with Gasteiger partial charge in [-0.3, -0.25) is 4.79 Å². The molecule has 3 nitrogen and oxygen atoms in total. The number of piperidine rings is 1. The summed E-state index contributed by atoms with van der Waals surface area (Å²) in [5.41, 5.74) is 0.833. The smallest absolute Gasteiger partial charge is 0.252 e. The van der Waals surface area contributed by atoms with Crippen molar-refractivity contribution in [2.75, 3.05) is 6.54 Å². The first-order chi connectivity index (χ1) is 9.58. The van der Waals surface area contributed by atoms with Crippen LogP contribution in [0.2, 0.25) is 0 Å². The van der Waals surface area contributed by atoms with Crippen LogP contribution in [0, 0.1) is 9.39 Å². The minimum atomic E-state index is -0.304. The third kappa shape index (κ3) is 2.83. The topological polar surface area (TPSA) is 41.1 Å². The zero-order valence-electron chi connectivity index (χ0n) is 11.2. The molecule has 2 aliphatic rings. The molecule has 108 valence electrons. The number of amides is 1. The van der Waals surface area contributed by atoms with E-state index in [1.54, 1.807) is 6.07 Å². The minimum Gasteiger partial charge on any atom is -0.349 e. The zero-order valence-corrected chi connectivity index (χ0v) is 13.4. The number of carbonyl (C=O) groups is 1. The second-order valence-electron chi connectivity index (χ2n) is 5.85. The van der Waals surface area contributed by atoms with Crippen molar-refractivity contribution in [3.05, 3.63) is 33.1 Å². The monoisotopic (exact) mass is 388 g/mol. The molecule has 20 heavy (non-hydrogen) atoms. The lowest BCUT2D eigenvalue weighted by Gasteiger charge is -2.48. The highest BCUT2D eigenvalue weighted by Gasteiger charge is 2.41. The van der Waals surface area contributed by atoms with Crippen LogP contribution in [0.1, 0.15) is 42.5 Å². The van der Waals surface area contributed by atoms with Gasteiger partial charge in [-0.15, -0.1) is 0 Å². The molecule has 0 aromatic heterocycles. The fourth-order valence-corrected chi connectivity index (χ4v) is 3.92. The highest BCUT2D eigenvalue weighted by molar-refractivity contribution is 14.1. The van der Waals surface area contributed by atoms with Gasteiger partial charge in [-0.2, -0.15) is 0 Å². The first-order valence-electron chi connectivity index (χ1n) is 7.09. The molecule has 2 N–H and O–H groups in total. The van der Waals surface area contributed by atoms with E-state index in [1.807, 2.05) is 22.6 Å². The van der Waals surface area contributed by atoms with Crippen molar-refractivity contribution in [3.63, 3.8) is 0 Å². The Bertz CT molecular complexity index is 531. The fourth-order valence-electron chi connectivity index (χ4n) is 3.20. The van der Waals surface area contributed by atoms with Crippen LogP contribution in [0.15, 0.2) is 18.2 Å². The van der Waals surface area contributed by atoms with Gasteiger partial charge in [-0.25, -0.2) is 4.39 Å². The molecule has 3 rings (SSSR count). The quantitative estimate of drug-likeness (QED) is 0.766. The molecule has 0 bridgehead atoms. The Labute approximate surface area is 131 Å². The van der Waals surface area contributed by atoms with Crippen molar-refractivity contribution in [2.45, 2.75) is 43.7 Å². The molecule has 1 aromatic carbocycles. The van der Waals surface area contributed by atoms with E-state index in [1.165, 1.54) is 31.4 Å². The highest BCUT2D eigenvalue weighted by atomic mass is 127. The number of nitrogens with one attached hydrogen (secondary N) is 2. The first-order valence-corrected chi connectivity index (χ1v) is 8.17. The summed E-state index contributed by atoms with van der Waals surface area (Å²) in [6.07, 6.45) is 5.69. The lowest BCUT2D eigenvalue weighted by Crippen LogP contribution is -2.59. The van der Waals surface area contributed by atoms with Crippen molar-refractivity contribution in [1.29, 1.82) is 0 Å². The van der Waals surface area contributed by atoms with Crippen LogP contribution in [-0.4, -0.2) is 24.0 Å². The summed E-state index contributed by atoms with van der Waals surface area (Å²) in [6.45, 7) is 0.964. The number of rotatable bonds is 2. The van der Waals surface area contributed by atoms with Gasteiger partial charge in [0, 0.05) is 15.2 Å². The summed E-state index contributed by atoms with van der Waals surface area (Å²) in [6, 6.07) is 4.52. The van der Waals surface area contributed by atoms with Gasteiger partial charge in [-0.05, 0) is 79.4 Å². The molecule has 1 atom stereocenters. The summed E-state index contributed by atoms with van der Waals surface area (Å²) in [4.78, 5) is 12.3. The predicted molar refractivity (Wildman–Crippen MR) is 84.2 cm³/mol. The summed E-state index contributed by atoms with van der Waals surface area (Å²) in [5.74, 6) is -0.392. The maximum atomic E-state index is 13.1. The van der Waals surface area contributed by atoms with Gasteiger partial charge in [0.25, 0.3) is 5.91 Å². The van der Waals surface area contributed by atoms with Crippen molar-refractivity contribution < 1.29 is 9.18 Å². The van der Waals surface area contributed by atoms with Crippen molar-refractivity contribution in [1.82, 2.24) is 10.6 Å². The van der Waals surface area contributed by atoms with Crippen LogP contribution < -0.4 is 10.6 Å². The van der Waals surface area contributed by atoms with Gasteiger partial charge in [0.1, 0.15) is 5.82 Å². The molecule has 1 spiro atoms. The van der Waals surface area contributed by atoms with Gasteiger partial charge in [0.2, 0.25) is 0 Å². The third-order valence-electron chi connectivity index (χ3n) is 4.45. The van der Waals surface area contributed by atoms with Gasteiger partial charge >= 0.3 is 0 Å². The summed E-state index contributed by atoms with van der Waals surface area (Å²) in [7, 11) is 0. The maximum Gasteiger partial charge on any atom is 0.252 e. The molecule has 1 aliphatic carbocycles. The van der Waals surface area contributed by atoms with Crippen molar-refractivity contribution in [2.24, 2.45) is 0 Å². The maximum absolute atomic E-state index is 13.1. The molecule has 0 radical (unpaired) electrons. The molecule has 1 aromatic rings. The second-order valence-corrected chi connectivity index (χ2v) is 7.01. The molecule has 1 saturated carbocycles. The van der Waals surface area contributed by atoms with Crippen LogP contribution >= 0.6 is 22.6 Å². The van der Waals surface area contributed by atoms with Gasteiger partial charge in [0.15, 0.2) is 0 Å². The number of hydrogen-bond donors (Lipinski definition) is 2. The Hall–Kier alpha value is -0.690. The lowest BCUT2D eigenvalue weighted by molar-refractivity contribution is 0.0852. The van der Waals surface area contributed by atoms with E-state index in [0.29, 0.717) is 9.13 Å². The Kier molecular flexibility index (Phi) is 3.99. The minimum absolute atomic E-state index is 0.0872. The average molecular weight is 388 g/mol. The predicted octanol–water partition coefficient (Wildman–Crippen LogP) is 2.83. The number of hydrogen-bond acceptors (Lipinski definition) is 2. The molecule has 1 saturated heterocycles. The van der Waals surface area contributed by atoms with E-state index < -0.39 is 0 Å². The van der Waals surface area contributed by atoms with Gasteiger partial charge in [-0.1, -0.05) is 0 Å². The number of benzene rings is 1. The summed E-state index contributed by atoms with van der Waals surface area (Å²) >= 11 is 2.01. The van der Waals surface area contributed by atoms with E-state index >= 15 is 0 Å². The molecule has 5 heteroatoms. The van der Waals surface area contributed by atoms with E-state index in [9.17, 15) is 9.18 Å². The van der Waals surface area contributed by atoms with E-state index in [-0.39, 0.29) is 23.3 Å². The zero-order chi connectivity index (χ0) is 14.2. The highest BCUT2D eigenvalue weighted by Crippen LogP contribution is 2.38. The lowest BCUT2D eigenvalue weighted by atomic mass is 9.70. The van der Waals surface area contributed by atoms with Crippen LogP contribution in [0.4, 0.5) is 4.39 Å². The normalized spacial score (nSPS) is 24.2. The van der Waals surface area contributed by atoms with Crippen LogP contribution in [-0.2, 0) is 0 Å². The van der Waals surface area contributed by atoms with Gasteiger partial charge < -0.3 is 10.6 Å². The largest absolute Gasteiger partial charge is 0.349 e. The molecule has 1 unspecified atom stereocenters. The average Bonchev–Trinajstić information content (AvgIpc) is 2.37. The number of halogens is 2. The first kappa shape index (κ1) is 14.3. The Morgan fingerprint density at radius 2 is 2.25 bits per heavy atom. The Morgan fingerprint density at radius 3 is 2.90 bits per heavy atom. The Balaban J connectivity index is 1.66. The SMILES string of the molecule is O=C(NC1CCNC2(CCC2)C1)c1ccc(F)cc1I. The third-order valence-corrected chi connectivity index (χ3v) is 5.34. The molecule has 1 heterocycles. The summed E-state index contributed by atoms with van der Waals surface area (Å²) < 4.78 is 13.7. The molecule has 1 aliphatic heterocycles.